The molecule has 2 bridgehead atoms. The van der Waals surface area contributed by atoms with Crippen LogP contribution in [0.25, 0.3) is 0 Å². The van der Waals surface area contributed by atoms with Crippen molar-refractivity contribution in [3.05, 3.63) is 59.7 Å². The summed E-state index contributed by atoms with van der Waals surface area (Å²) >= 11 is 3.78. The number of nitrogens with zero attached hydrogens (tertiary/aromatic N) is 2. The number of urea groups is 1. The highest BCUT2D eigenvalue weighted by molar-refractivity contribution is 7.75. The summed E-state index contributed by atoms with van der Waals surface area (Å²) in [6, 6.07) is 11.7. The van der Waals surface area contributed by atoms with Gasteiger partial charge in [-0.1, -0.05) is 30.3 Å². The first-order chi connectivity index (χ1) is 14.5. The lowest BCUT2D eigenvalue weighted by atomic mass is 9.90. The molecule has 2 aliphatic rings. The van der Waals surface area contributed by atoms with E-state index in [0.29, 0.717) is 16.8 Å². The van der Waals surface area contributed by atoms with Crippen molar-refractivity contribution in [2.75, 3.05) is 18.5 Å². The van der Waals surface area contributed by atoms with Gasteiger partial charge in [-0.2, -0.15) is 5.06 Å². The second-order valence-corrected chi connectivity index (χ2v) is 6.82. The van der Waals surface area contributed by atoms with E-state index in [9.17, 15) is 14.4 Å². The molecule has 1 saturated heterocycles. The number of amides is 3. The van der Waals surface area contributed by atoms with Crippen LogP contribution < -0.4 is 10.1 Å². The van der Waals surface area contributed by atoms with Crippen LogP contribution in [-0.2, 0) is 13.8 Å². The number of carbonyl (C=O) groups is 3. The number of esters is 1. The van der Waals surface area contributed by atoms with Crippen molar-refractivity contribution in [2.45, 2.75) is 19.0 Å². The van der Waals surface area contributed by atoms with Gasteiger partial charge in [0, 0.05) is 24.2 Å². The Morgan fingerprint density at radius 2 is 1.93 bits per heavy atom. The van der Waals surface area contributed by atoms with Gasteiger partial charge in [0.2, 0.25) is 0 Å². The monoisotopic (exact) mass is 429 g/mol. The molecule has 3 amide bonds. The minimum Gasteiger partial charge on any atom is -0.464 e. The third-order valence-corrected chi connectivity index (χ3v) is 5.12. The first-order valence-corrected chi connectivity index (χ1v) is 9.66. The van der Waals surface area contributed by atoms with E-state index >= 15 is 0 Å². The third kappa shape index (κ3) is 3.44. The molecule has 2 heterocycles. The first kappa shape index (κ1) is 20.0. The minimum absolute atomic E-state index is 0.163. The van der Waals surface area contributed by atoms with Crippen LogP contribution in [0.2, 0.25) is 0 Å². The Labute approximate surface area is 178 Å². The molecule has 156 valence electrons. The summed E-state index contributed by atoms with van der Waals surface area (Å²) in [6.07, 6.45) is -0.702. The molecule has 4 rings (SSSR count). The van der Waals surface area contributed by atoms with E-state index in [1.165, 1.54) is 4.90 Å². The van der Waals surface area contributed by atoms with E-state index in [1.54, 1.807) is 49.4 Å². The first-order valence-electron chi connectivity index (χ1n) is 9.29. The van der Waals surface area contributed by atoms with E-state index in [0.717, 1.165) is 5.06 Å². The maximum absolute atomic E-state index is 12.7. The maximum Gasteiger partial charge on any atom is 0.417 e. The summed E-state index contributed by atoms with van der Waals surface area (Å²) in [5.74, 6) is -0.359. The van der Waals surface area contributed by atoms with Crippen molar-refractivity contribution in [1.82, 2.24) is 9.96 Å². The molecule has 1 fully saturated rings. The van der Waals surface area contributed by atoms with E-state index in [2.05, 4.69) is 18.2 Å². The summed E-state index contributed by atoms with van der Waals surface area (Å²) in [5.41, 5.74) is 1.57. The average Bonchev–Trinajstić information content (AvgIpc) is 3.00. The normalized spacial score (nSPS) is 19.3. The number of benzene rings is 2. The van der Waals surface area contributed by atoms with Crippen LogP contribution >= 0.6 is 12.9 Å². The molecule has 2 atom stereocenters. The molecule has 0 radical (unpaired) electrons. The predicted molar refractivity (Wildman–Crippen MR) is 109 cm³/mol. The Bertz CT molecular complexity index is 986. The van der Waals surface area contributed by atoms with E-state index in [4.69, 9.17) is 13.8 Å². The number of para-hydroxylation sites is 1. The van der Waals surface area contributed by atoms with Gasteiger partial charge < -0.3 is 14.4 Å². The van der Waals surface area contributed by atoms with Crippen molar-refractivity contribution in [2.24, 2.45) is 0 Å². The highest BCUT2D eigenvalue weighted by Gasteiger charge is 2.52. The molecule has 0 aliphatic carbocycles. The second kappa shape index (κ2) is 8.25. The number of hydrogen-bond acceptors (Lipinski definition) is 7. The van der Waals surface area contributed by atoms with Gasteiger partial charge in [0.1, 0.15) is 11.8 Å². The molecule has 2 aromatic rings. The lowest BCUT2D eigenvalue weighted by molar-refractivity contribution is -0.148. The van der Waals surface area contributed by atoms with Crippen LogP contribution in [0, 0.1) is 0 Å². The van der Waals surface area contributed by atoms with Crippen LogP contribution in [0.15, 0.2) is 48.5 Å². The quantitative estimate of drug-likeness (QED) is 0.429. The number of nitrogens with one attached hydrogen (secondary N) is 1. The number of thiol groups is 1. The van der Waals surface area contributed by atoms with Crippen LogP contribution in [0.5, 0.6) is 5.75 Å². The van der Waals surface area contributed by atoms with Crippen LogP contribution in [0.1, 0.15) is 30.1 Å². The molecule has 2 unspecified atom stereocenters. The van der Waals surface area contributed by atoms with Gasteiger partial charge in [0.05, 0.1) is 13.2 Å². The second-order valence-electron chi connectivity index (χ2n) is 6.65. The summed E-state index contributed by atoms with van der Waals surface area (Å²) in [7, 11) is 0. The molecule has 30 heavy (non-hydrogen) atoms. The number of hydroxylamine groups is 2. The van der Waals surface area contributed by atoms with Gasteiger partial charge in [-0.3, -0.25) is 5.32 Å². The van der Waals surface area contributed by atoms with Crippen molar-refractivity contribution in [3.63, 3.8) is 0 Å². The van der Waals surface area contributed by atoms with Gasteiger partial charge in [0.25, 0.3) is 0 Å². The Kier molecular flexibility index (Phi) is 5.51. The SMILES string of the molecule is CCOC(=O)C1c2cccc(OC(=O)Nc3ccccc3)c2C2CN1C(=O)N2OS. The van der Waals surface area contributed by atoms with E-state index in [-0.39, 0.29) is 18.9 Å². The lowest BCUT2D eigenvalue weighted by Crippen LogP contribution is -2.39. The number of hydrogen-bond donors (Lipinski definition) is 2. The average molecular weight is 429 g/mol. The Hall–Kier alpha value is -3.24. The number of rotatable bonds is 5. The highest BCUT2D eigenvalue weighted by atomic mass is 32.1. The maximum atomic E-state index is 12.7. The summed E-state index contributed by atoms with van der Waals surface area (Å²) in [4.78, 5) is 39.2. The molecule has 0 aromatic heterocycles. The number of anilines is 1. The lowest BCUT2D eigenvalue weighted by Gasteiger charge is -2.32. The fourth-order valence-corrected chi connectivity index (χ4v) is 3.95. The molecular weight excluding hydrogens is 410 g/mol. The predicted octanol–water partition coefficient (Wildman–Crippen LogP) is 3.47. The molecule has 9 nitrogen and oxygen atoms in total. The minimum atomic E-state index is -0.974. The van der Waals surface area contributed by atoms with Gasteiger partial charge >= 0.3 is 18.1 Å². The van der Waals surface area contributed by atoms with Crippen molar-refractivity contribution < 1.29 is 28.1 Å². The number of ether oxygens (including phenoxy) is 2. The molecule has 0 spiro atoms. The molecule has 2 aliphatic heterocycles. The highest BCUT2D eigenvalue weighted by Crippen LogP contribution is 2.48. The van der Waals surface area contributed by atoms with E-state index in [1.807, 2.05) is 6.07 Å². The van der Waals surface area contributed by atoms with E-state index < -0.39 is 30.2 Å². The topological polar surface area (TPSA) is 97.4 Å². The van der Waals surface area contributed by atoms with Gasteiger partial charge in [-0.05, 0) is 30.7 Å². The summed E-state index contributed by atoms with van der Waals surface area (Å²) in [5, 5.41) is 3.68. The van der Waals surface area contributed by atoms with Gasteiger partial charge in [-0.15, -0.1) is 0 Å². The Balaban J connectivity index is 1.70. The largest absolute Gasteiger partial charge is 0.464 e. The molecular formula is C20H19N3O6S. The van der Waals surface area contributed by atoms with Crippen molar-refractivity contribution in [1.29, 1.82) is 0 Å². The molecule has 10 heteroatoms. The number of fused-ring (bicyclic) bond motifs is 4. The van der Waals surface area contributed by atoms with Crippen LogP contribution in [-0.4, -0.2) is 41.2 Å². The zero-order valence-corrected chi connectivity index (χ0v) is 16.9. The molecule has 0 saturated carbocycles. The number of carbonyl (C=O) groups excluding carboxylic acids is 3. The zero-order chi connectivity index (χ0) is 21.3. The summed E-state index contributed by atoms with van der Waals surface area (Å²) < 4.78 is 15.7. The molecule has 1 N–H and O–H groups in total. The van der Waals surface area contributed by atoms with Crippen molar-refractivity contribution >= 4 is 36.7 Å². The van der Waals surface area contributed by atoms with Gasteiger partial charge in [-0.25, -0.2) is 18.7 Å². The van der Waals surface area contributed by atoms with Gasteiger partial charge in [0.15, 0.2) is 6.04 Å². The Morgan fingerprint density at radius 3 is 2.63 bits per heavy atom. The van der Waals surface area contributed by atoms with Crippen LogP contribution in [0.3, 0.4) is 0 Å². The third-order valence-electron chi connectivity index (χ3n) is 4.95. The fourth-order valence-electron chi connectivity index (χ4n) is 3.77. The zero-order valence-electron chi connectivity index (χ0n) is 16.0. The standard InChI is InChI=1S/C20H19N3O6S/c1-2-27-18(24)17-13-9-6-10-15(28-19(25)21-12-7-4-3-5-8-12)16(13)14-11-22(17)20(26)23(14)29-30/h3-10,14,17,30H,2,11H2,1H3,(H,21,25). The molecule has 2 aromatic carbocycles. The smallest absolute Gasteiger partial charge is 0.417 e. The Morgan fingerprint density at radius 1 is 1.17 bits per heavy atom. The van der Waals surface area contributed by atoms with Crippen molar-refractivity contribution in [3.8, 4) is 5.75 Å². The fraction of sp³-hybridized carbons (Fsp3) is 0.250. The summed E-state index contributed by atoms with van der Waals surface area (Å²) in [6.45, 7) is 2.02. The van der Waals surface area contributed by atoms with Crippen LogP contribution in [0.4, 0.5) is 15.3 Å².